The van der Waals surface area contributed by atoms with Gasteiger partial charge in [-0.1, -0.05) is 41.9 Å². The molecule has 0 atom stereocenters. The highest BCUT2D eigenvalue weighted by molar-refractivity contribution is 7.89. The minimum absolute atomic E-state index is 0.125. The fourth-order valence-corrected chi connectivity index (χ4v) is 3.39. The summed E-state index contributed by atoms with van der Waals surface area (Å²) in [6.07, 6.45) is 0. The van der Waals surface area contributed by atoms with E-state index >= 15 is 0 Å². The molecule has 6 heteroatoms. The van der Waals surface area contributed by atoms with Crippen molar-refractivity contribution in [2.45, 2.75) is 11.4 Å². The number of nitrogens with one attached hydrogen (secondary N) is 1. The minimum atomic E-state index is -3.61. The van der Waals surface area contributed by atoms with Crippen molar-refractivity contribution in [1.82, 2.24) is 9.71 Å². The van der Waals surface area contributed by atoms with E-state index in [9.17, 15) is 8.42 Å². The molecule has 0 unspecified atom stereocenters. The summed E-state index contributed by atoms with van der Waals surface area (Å²) in [5, 5.41) is 1.40. The van der Waals surface area contributed by atoms with E-state index in [0.717, 1.165) is 10.9 Å². The Bertz CT molecular complexity index is 926. The number of para-hydroxylation sites is 1. The monoisotopic (exact) mass is 332 g/mol. The molecule has 4 nitrogen and oxygen atoms in total. The molecule has 0 aliphatic rings. The Morgan fingerprint density at radius 2 is 1.82 bits per heavy atom. The normalized spacial score (nSPS) is 11.7. The van der Waals surface area contributed by atoms with Gasteiger partial charge in [-0.25, -0.2) is 13.1 Å². The van der Waals surface area contributed by atoms with Crippen molar-refractivity contribution < 1.29 is 8.42 Å². The van der Waals surface area contributed by atoms with Gasteiger partial charge in [-0.15, -0.1) is 0 Å². The first-order chi connectivity index (χ1) is 10.5. The molecule has 1 aromatic heterocycles. The molecule has 0 aliphatic heterocycles. The molecule has 3 aromatic rings. The van der Waals surface area contributed by atoms with Crippen LogP contribution in [0.4, 0.5) is 0 Å². The van der Waals surface area contributed by atoms with E-state index in [2.05, 4.69) is 9.71 Å². The first-order valence-corrected chi connectivity index (χ1v) is 8.51. The molecule has 1 N–H and O–H groups in total. The van der Waals surface area contributed by atoms with Crippen molar-refractivity contribution >= 4 is 32.5 Å². The Kier molecular flexibility index (Phi) is 4.11. The molecule has 0 radical (unpaired) electrons. The predicted molar refractivity (Wildman–Crippen MR) is 87.2 cm³/mol. The van der Waals surface area contributed by atoms with Gasteiger partial charge in [-0.05, 0) is 30.3 Å². The standard InChI is InChI=1S/C16H13ClN2O2S/c17-13-5-3-6-15(10-13)22(20,21)18-11-14-9-8-12-4-1-2-7-16(12)19-14/h1-10,18H,11H2. The van der Waals surface area contributed by atoms with Crippen molar-refractivity contribution in [2.24, 2.45) is 0 Å². The second-order valence-corrected chi connectivity index (χ2v) is 6.98. The fraction of sp³-hybridized carbons (Fsp3) is 0.0625. The summed E-state index contributed by atoms with van der Waals surface area (Å²) in [6, 6.07) is 17.6. The maximum Gasteiger partial charge on any atom is 0.240 e. The van der Waals surface area contributed by atoms with Crippen LogP contribution in [0.1, 0.15) is 5.69 Å². The zero-order chi connectivity index (χ0) is 15.6. The van der Waals surface area contributed by atoms with Gasteiger partial charge in [0.25, 0.3) is 0 Å². The van der Waals surface area contributed by atoms with Crippen LogP contribution in [0.5, 0.6) is 0 Å². The Hall–Kier alpha value is -1.95. The lowest BCUT2D eigenvalue weighted by Gasteiger charge is -2.07. The largest absolute Gasteiger partial charge is 0.251 e. The smallest absolute Gasteiger partial charge is 0.240 e. The lowest BCUT2D eigenvalue weighted by atomic mass is 10.2. The van der Waals surface area contributed by atoms with E-state index in [1.54, 1.807) is 12.1 Å². The molecule has 0 spiro atoms. The zero-order valence-corrected chi connectivity index (χ0v) is 13.1. The van der Waals surface area contributed by atoms with Gasteiger partial charge in [-0.2, -0.15) is 0 Å². The van der Waals surface area contributed by atoms with Gasteiger partial charge in [0.2, 0.25) is 10.0 Å². The van der Waals surface area contributed by atoms with Crippen molar-refractivity contribution in [3.8, 4) is 0 Å². The van der Waals surface area contributed by atoms with Crippen LogP contribution < -0.4 is 4.72 Å². The third kappa shape index (κ3) is 3.27. The molecule has 0 bridgehead atoms. The number of rotatable bonds is 4. The molecule has 0 aliphatic carbocycles. The molecule has 0 saturated carbocycles. The van der Waals surface area contributed by atoms with E-state index in [0.29, 0.717) is 10.7 Å². The summed E-state index contributed by atoms with van der Waals surface area (Å²) in [4.78, 5) is 4.58. The second-order valence-electron chi connectivity index (χ2n) is 4.78. The fourth-order valence-electron chi connectivity index (χ4n) is 2.09. The third-order valence-electron chi connectivity index (χ3n) is 3.21. The van der Waals surface area contributed by atoms with Crippen molar-refractivity contribution in [2.75, 3.05) is 0 Å². The van der Waals surface area contributed by atoms with Gasteiger partial charge in [0.05, 0.1) is 22.7 Å². The van der Waals surface area contributed by atoms with Crippen LogP contribution in [0.2, 0.25) is 5.02 Å². The Morgan fingerprint density at radius 1 is 1.00 bits per heavy atom. The molecule has 2 aromatic carbocycles. The number of hydrogen-bond donors (Lipinski definition) is 1. The quantitative estimate of drug-likeness (QED) is 0.797. The number of aromatic nitrogens is 1. The first-order valence-electron chi connectivity index (χ1n) is 6.64. The van der Waals surface area contributed by atoms with Crippen molar-refractivity contribution in [1.29, 1.82) is 0 Å². The van der Waals surface area contributed by atoms with Crippen LogP contribution in [-0.2, 0) is 16.6 Å². The molecule has 112 valence electrons. The number of benzene rings is 2. The SMILES string of the molecule is O=S(=O)(NCc1ccc2ccccc2n1)c1cccc(Cl)c1. The number of fused-ring (bicyclic) bond motifs is 1. The summed E-state index contributed by atoms with van der Waals surface area (Å²) in [7, 11) is -3.61. The summed E-state index contributed by atoms with van der Waals surface area (Å²) < 4.78 is 27.0. The van der Waals surface area contributed by atoms with E-state index in [4.69, 9.17) is 11.6 Å². The maximum atomic E-state index is 12.2. The number of sulfonamides is 1. The summed E-state index contributed by atoms with van der Waals surface area (Å²) in [5.41, 5.74) is 1.49. The van der Waals surface area contributed by atoms with Gasteiger partial charge in [0, 0.05) is 10.4 Å². The first kappa shape index (κ1) is 15.0. The maximum absolute atomic E-state index is 12.2. The topological polar surface area (TPSA) is 59.1 Å². The van der Waals surface area contributed by atoms with Crippen LogP contribution in [0, 0.1) is 0 Å². The van der Waals surface area contributed by atoms with E-state index in [1.807, 2.05) is 36.4 Å². The van der Waals surface area contributed by atoms with Gasteiger partial charge < -0.3 is 0 Å². The molecular weight excluding hydrogens is 320 g/mol. The molecule has 0 amide bonds. The van der Waals surface area contributed by atoms with Crippen LogP contribution in [0.15, 0.2) is 65.6 Å². The molecule has 1 heterocycles. The highest BCUT2D eigenvalue weighted by Crippen LogP contribution is 2.16. The average molecular weight is 333 g/mol. The Balaban J connectivity index is 1.81. The molecule has 0 fully saturated rings. The average Bonchev–Trinajstić information content (AvgIpc) is 2.53. The lowest BCUT2D eigenvalue weighted by molar-refractivity contribution is 0.580. The summed E-state index contributed by atoms with van der Waals surface area (Å²) in [6.45, 7) is 0.125. The Labute approximate surface area is 133 Å². The van der Waals surface area contributed by atoms with E-state index < -0.39 is 10.0 Å². The summed E-state index contributed by atoms with van der Waals surface area (Å²) in [5.74, 6) is 0. The third-order valence-corrected chi connectivity index (χ3v) is 4.84. The van der Waals surface area contributed by atoms with Crippen LogP contribution in [0.3, 0.4) is 0 Å². The number of nitrogens with zero attached hydrogens (tertiary/aromatic N) is 1. The lowest BCUT2D eigenvalue weighted by Crippen LogP contribution is -2.23. The number of hydrogen-bond acceptors (Lipinski definition) is 3. The van der Waals surface area contributed by atoms with Gasteiger partial charge in [-0.3, -0.25) is 4.98 Å². The minimum Gasteiger partial charge on any atom is -0.251 e. The van der Waals surface area contributed by atoms with E-state index in [-0.39, 0.29) is 11.4 Å². The van der Waals surface area contributed by atoms with Crippen molar-refractivity contribution in [3.63, 3.8) is 0 Å². The molecule has 22 heavy (non-hydrogen) atoms. The van der Waals surface area contributed by atoms with Gasteiger partial charge in [0.1, 0.15) is 0 Å². The molecule has 3 rings (SSSR count). The highest BCUT2D eigenvalue weighted by Gasteiger charge is 2.14. The van der Waals surface area contributed by atoms with Crippen LogP contribution >= 0.6 is 11.6 Å². The van der Waals surface area contributed by atoms with Crippen molar-refractivity contribution in [3.05, 3.63) is 71.4 Å². The number of halogens is 1. The van der Waals surface area contributed by atoms with Gasteiger partial charge >= 0.3 is 0 Å². The highest BCUT2D eigenvalue weighted by atomic mass is 35.5. The zero-order valence-electron chi connectivity index (χ0n) is 11.5. The molecule has 0 saturated heterocycles. The Morgan fingerprint density at radius 3 is 2.64 bits per heavy atom. The van der Waals surface area contributed by atoms with E-state index in [1.165, 1.54) is 12.1 Å². The van der Waals surface area contributed by atoms with Crippen LogP contribution in [-0.4, -0.2) is 13.4 Å². The van der Waals surface area contributed by atoms with Gasteiger partial charge in [0.15, 0.2) is 0 Å². The molecular formula is C16H13ClN2O2S. The number of pyridine rings is 1. The second kappa shape index (κ2) is 6.04. The summed E-state index contributed by atoms with van der Waals surface area (Å²) >= 11 is 5.83. The van der Waals surface area contributed by atoms with Crippen LogP contribution in [0.25, 0.3) is 10.9 Å². The predicted octanol–water partition coefficient (Wildman–Crippen LogP) is 3.37.